The molecule has 112 valence electrons. The van der Waals surface area contributed by atoms with E-state index in [0.717, 1.165) is 18.7 Å². The molecule has 5 heteroatoms. The fourth-order valence-electron chi connectivity index (χ4n) is 1.88. The number of carbonyl (C=O) groups is 1. The molecule has 20 heavy (non-hydrogen) atoms. The van der Waals surface area contributed by atoms with Crippen LogP contribution in [0.4, 0.5) is 0 Å². The van der Waals surface area contributed by atoms with E-state index in [9.17, 15) is 4.79 Å². The zero-order valence-corrected chi connectivity index (χ0v) is 12.8. The Bertz CT molecular complexity index is 417. The largest absolute Gasteiger partial charge is 0.475 e. The van der Waals surface area contributed by atoms with E-state index in [1.165, 1.54) is 0 Å². The van der Waals surface area contributed by atoms with Crippen molar-refractivity contribution < 1.29 is 9.53 Å². The molecule has 5 nitrogen and oxygen atoms in total. The van der Waals surface area contributed by atoms with Crippen molar-refractivity contribution in [3.8, 4) is 5.88 Å². The van der Waals surface area contributed by atoms with Crippen molar-refractivity contribution in [2.24, 2.45) is 0 Å². The molecule has 1 aromatic heterocycles. The number of amides is 1. The summed E-state index contributed by atoms with van der Waals surface area (Å²) in [5.74, 6) is 0.746. The molecule has 0 aliphatic rings. The van der Waals surface area contributed by atoms with Gasteiger partial charge in [0.15, 0.2) is 0 Å². The van der Waals surface area contributed by atoms with Gasteiger partial charge in [0.05, 0.1) is 12.6 Å². The van der Waals surface area contributed by atoms with Crippen LogP contribution in [0.15, 0.2) is 18.3 Å². The van der Waals surface area contributed by atoms with Crippen molar-refractivity contribution in [1.29, 1.82) is 0 Å². The van der Waals surface area contributed by atoms with Gasteiger partial charge in [-0.3, -0.25) is 4.79 Å². The van der Waals surface area contributed by atoms with Crippen LogP contribution in [-0.2, 0) is 11.3 Å². The summed E-state index contributed by atoms with van der Waals surface area (Å²) in [5, 5.41) is 3.15. The maximum absolute atomic E-state index is 11.9. The second-order valence-electron chi connectivity index (χ2n) is 4.80. The Balaban J connectivity index is 2.51. The third kappa shape index (κ3) is 5.17. The number of ether oxygens (including phenoxy) is 1. The average molecular weight is 279 g/mol. The van der Waals surface area contributed by atoms with E-state index < -0.39 is 0 Å². The number of hydrogen-bond acceptors (Lipinski definition) is 4. The zero-order valence-electron chi connectivity index (χ0n) is 12.8. The number of aromatic nitrogens is 1. The maximum Gasteiger partial charge on any atom is 0.236 e. The molecular formula is C15H25N3O2. The van der Waals surface area contributed by atoms with Gasteiger partial charge in [-0.05, 0) is 33.8 Å². The number of rotatable bonds is 8. The van der Waals surface area contributed by atoms with E-state index in [2.05, 4.69) is 10.3 Å². The van der Waals surface area contributed by atoms with Crippen LogP contribution in [0.2, 0.25) is 0 Å². The first-order valence-electron chi connectivity index (χ1n) is 7.17. The molecule has 0 saturated carbocycles. The first-order valence-corrected chi connectivity index (χ1v) is 7.17. The SMILES string of the molecule is CCN(CC)C(=O)CNCc1cccnc1OC(C)C. The molecule has 1 amide bonds. The molecule has 0 spiro atoms. The van der Waals surface area contributed by atoms with Gasteiger partial charge in [-0.25, -0.2) is 4.98 Å². The smallest absolute Gasteiger partial charge is 0.236 e. The predicted molar refractivity (Wildman–Crippen MR) is 79.6 cm³/mol. The van der Waals surface area contributed by atoms with Gasteiger partial charge in [0, 0.05) is 31.4 Å². The van der Waals surface area contributed by atoms with E-state index in [1.54, 1.807) is 6.20 Å². The number of pyridine rings is 1. The summed E-state index contributed by atoms with van der Waals surface area (Å²) < 4.78 is 5.65. The predicted octanol–water partition coefficient (Wildman–Crippen LogP) is 1.83. The topological polar surface area (TPSA) is 54.5 Å². The van der Waals surface area contributed by atoms with Gasteiger partial charge in [0.25, 0.3) is 0 Å². The van der Waals surface area contributed by atoms with Crippen molar-refractivity contribution in [1.82, 2.24) is 15.2 Å². The first kappa shape index (κ1) is 16.4. The van der Waals surface area contributed by atoms with Gasteiger partial charge in [-0.1, -0.05) is 6.07 Å². The van der Waals surface area contributed by atoms with E-state index in [-0.39, 0.29) is 12.0 Å². The summed E-state index contributed by atoms with van der Waals surface area (Å²) in [6, 6.07) is 3.83. The molecule has 0 aromatic carbocycles. The van der Waals surface area contributed by atoms with Crippen molar-refractivity contribution in [3.05, 3.63) is 23.9 Å². The Morgan fingerprint density at radius 1 is 1.40 bits per heavy atom. The Hall–Kier alpha value is -1.62. The lowest BCUT2D eigenvalue weighted by Crippen LogP contribution is -2.37. The molecule has 0 fully saturated rings. The third-order valence-electron chi connectivity index (χ3n) is 2.91. The summed E-state index contributed by atoms with van der Waals surface area (Å²) >= 11 is 0. The highest BCUT2D eigenvalue weighted by atomic mass is 16.5. The highest BCUT2D eigenvalue weighted by Crippen LogP contribution is 2.15. The van der Waals surface area contributed by atoms with Crippen molar-refractivity contribution in [2.75, 3.05) is 19.6 Å². The lowest BCUT2D eigenvalue weighted by molar-refractivity contribution is -0.129. The zero-order chi connectivity index (χ0) is 15.0. The minimum atomic E-state index is 0.0842. The molecule has 0 aliphatic carbocycles. The quantitative estimate of drug-likeness (QED) is 0.789. The van der Waals surface area contributed by atoms with Crippen LogP contribution in [-0.4, -0.2) is 41.5 Å². The van der Waals surface area contributed by atoms with Crippen LogP contribution in [0.1, 0.15) is 33.3 Å². The normalized spacial score (nSPS) is 10.7. The van der Waals surface area contributed by atoms with E-state index in [0.29, 0.717) is 19.0 Å². The lowest BCUT2D eigenvalue weighted by Gasteiger charge is -2.19. The molecule has 1 N–H and O–H groups in total. The highest BCUT2D eigenvalue weighted by molar-refractivity contribution is 5.78. The van der Waals surface area contributed by atoms with Gasteiger partial charge in [-0.2, -0.15) is 0 Å². The highest BCUT2D eigenvalue weighted by Gasteiger charge is 2.10. The van der Waals surface area contributed by atoms with Crippen LogP contribution in [0.3, 0.4) is 0 Å². The molecule has 0 radical (unpaired) electrons. The minimum Gasteiger partial charge on any atom is -0.475 e. The Labute approximate surface area is 121 Å². The van der Waals surface area contributed by atoms with Gasteiger partial charge < -0.3 is 15.0 Å². The van der Waals surface area contributed by atoms with Crippen molar-refractivity contribution in [3.63, 3.8) is 0 Å². The maximum atomic E-state index is 11.9. The fraction of sp³-hybridized carbons (Fsp3) is 0.600. The van der Waals surface area contributed by atoms with Gasteiger partial charge in [0.1, 0.15) is 0 Å². The number of carbonyl (C=O) groups excluding carboxylic acids is 1. The molecule has 1 heterocycles. The standard InChI is InChI=1S/C15H25N3O2/c1-5-18(6-2)14(19)11-16-10-13-8-7-9-17-15(13)20-12(3)4/h7-9,12,16H,5-6,10-11H2,1-4H3. The lowest BCUT2D eigenvalue weighted by atomic mass is 10.2. The molecule has 1 rings (SSSR count). The summed E-state index contributed by atoms with van der Waals surface area (Å²) in [5.41, 5.74) is 0.966. The summed E-state index contributed by atoms with van der Waals surface area (Å²) in [7, 11) is 0. The van der Waals surface area contributed by atoms with Crippen LogP contribution in [0, 0.1) is 0 Å². The Kier molecular flexibility index (Phi) is 7.01. The first-order chi connectivity index (χ1) is 9.58. The van der Waals surface area contributed by atoms with E-state index in [4.69, 9.17) is 4.74 Å². The molecule has 0 bridgehead atoms. The second kappa shape index (κ2) is 8.53. The van der Waals surface area contributed by atoms with Crippen LogP contribution in [0.25, 0.3) is 0 Å². The molecule has 1 aromatic rings. The van der Waals surface area contributed by atoms with Gasteiger partial charge in [0.2, 0.25) is 11.8 Å². The van der Waals surface area contributed by atoms with Crippen LogP contribution >= 0.6 is 0 Å². The van der Waals surface area contributed by atoms with Crippen LogP contribution < -0.4 is 10.1 Å². The number of hydrogen-bond donors (Lipinski definition) is 1. The summed E-state index contributed by atoms with van der Waals surface area (Å²) in [6.45, 7) is 10.3. The average Bonchev–Trinajstić information content (AvgIpc) is 2.41. The Morgan fingerprint density at radius 2 is 2.10 bits per heavy atom. The summed E-state index contributed by atoms with van der Waals surface area (Å²) in [4.78, 5) is 17.9. The molecule has 0 aliphatic heterocycles. The Morgan fingerprint density at radius 3 is 2.70 bits per heavy atom. The molecule has 0 saturated heterocycles. The molecule has 0 unspecified atom stereocenters. The van der Waals surface area contributed by atoms with Crippen molar-refractivity contribution in [2.45, 2.75) is 40.3 Å². The number of nitrogens with one attached hydrogen (secondary N) is 1. The van der Waals surface area contributed by atoms with Gasteiger partial charge >= 0.3 is 0 Å². The second-order valence-corrected chi connectivity index (χ2v) is 4.80. The van der Waals surface area contributed by atoms with E-state index >= 15 is 0 Å². The van der Waals surface area contributed by atoms with E-state index in [1.807, 2.05) is 44.7 Å². The number of nitrogens with zero attached hydrogens (tertiary/aromatic N) is 2. The molecular weight excluding hydrogens is 254 g/mol. The third-order valence-corrected chi connectivity index (χ3v) is 2.91. The fourth-order valence-corrected chi connectivity index (χ4v) is 1.88. The van der Waals surface area contributed by atoms with Crippen LogP contribution in [0.5, 0.6) is 5.88 Å². The minimum absolute atomic E-state index is 0.0842. The monoisotopic (exact) mass is 279 g/mol. The molecule has 0 atom stereocenters. The van der Waals surface area contributed by atoms with Gasteiger partial charge in [-0.15, -0.1) is 0 Å². The van der Waals surface area contributed by atoms with Crippen molar-refractivity contribution >= 4 is 5.91 Å². The number of likely N-dealkylation sites (N-methyl/N-ethyl adjacent to an activating group) is 1. The summed E-state index contributed by atoms with van der Waals surface area (Å²) in [6.07, 6.45) is 1.79.